The van der Waals surface area contributed by atoms with E-state index in [1.54, 1.807) is 17.9 Å². The molecule has 1 aromatic rings. The number of aliphatic imine (C=N–C) groups is 1. The van der Waals surface area contributed by atoms with Crippen LogP contribution in [0.1, 0.15) is 31.1 Å². The molecule has 1 aromatic heterocycles. The minimum Gasteiger partial charge on any atom is -0.480 e. The van der Waals surface area contributed by atoms with Gasteiger partial charge in [-0.2, -0.15) is 18.6 Å². The number of aryl methyl sites for hydroxylation is 1. The van der Waals surface area contributed by atoms with Crippen molar-refractivity contribution in [3.05, 3.63) is 17.5 Å². The van der Waals surface area contributed by atoms with Gasteiger partial charge in [0.05, 0.1) is 25.0 Å². The average Bonchev–Trinajstić information content (AvgIpc) is 3.15. The molecule has 2 aliphatic heterocycles. The molecule has 0 aliphatic carbocycles. The van der Waals surface area contributed by atoms with Crippen LogP contribution >= 0.6 is 0 Å². The molecule has 0 aromatic carbocycles. The van der Waals surface area contributed by atoms with E-state index in [9.17, 15) is 22.8 Å². The predicted octanol–water partition coefficient (Wildman–Crippen LogP) is -0.815. The highest BCUT2D eigenvalue weighted by Crippen LogP contribution is 2.37. The van der Waals surface area contributed by atoms with Crippen molar-refractivity contribution in [2.75, 3.05) is 13.6 Å². The molecule has 1 atom stereocenters. The maximum absolute atomic E-state index is 11.9. The van der Waals surface area contributed by atoms with Gasteiger partial charge in [-0.15, -0.1) is 4.28 Å². The van der Waals surface area contributed by atoms with Crippen molar-refractivity contribution in [3.8, 4) is 0 Å². The van der Waals surface area contributed by atoms with Crippen LogP contribution in [0.25, 0.3) is 0 Å². The molecule has 1 fully saturated rings. The molecule has 2 bridgehead atoms. The van der Waals surface area contributed by atoms with Gasteiger partial charge in [-0.1, -0.05) is 0 Å². The van der Waals surface area contributed by atoms with Crippen LogP contribution in [-0.4, -0.2) is 81.4 Å². The maximum Gasteiger partial charge on any atom is 0.432 e. The summed E-state index contributed by atoms with van der Waals surface area (Å²) in [7, 11) is -1.50. The first-order valence-corrected chi connectivity index (χ1v) is 10.3. The molecule has 3 heterocycles. The first-order chi connectivity index (χ1) is 14.8. The summed E-state index contributed by atoms with van der Waals surface area (Å²) in [6, 6.07) is -1.16. The number of hydroxylamine groups is 3. The lowest BCUT2D eigenvalue weighted by Crippen LogP contribution is -2.50. The van der Waals surface area contributed by atoms with Crippen LogP contribution in [0.2, 0.25) is 0 Å². The molecule has 0 saturated carbocycles. The lowest BCUT2D eigenvalue weighted by Gasteiger charge is -2.21. The van der Waals surface area contributed by atoms with Crippen LogP contribution in [0.3, 0.4) is 0 Å². The summed E-state index contributed by atoms with van der Waals surface area (Å²) in [5.74, 6) is -1.15. The van der Waals surface area contributed by atoms with Gasteiger partial charge in [0.25, 0.3) is 0 Å². The normalized spacial score (nSPS) is 17.5. The van der Waals surface area contributed by atoms with E-state index in [2.05, 4.69) is 30.0 Å². The maximum atomic E-state index is 11.9. The van der Waals surface area contributed by atoms with Crippen LogP contribution < -0.4 is 10.8 Å². The van der Waals surface area contributed by atoms with Crippen molar-refractivity contribution in [1.82, 2.24) is 30.5 Å². The highest BCUT2D eigenvalue weighted by atomic mass is 32.3. The van der Waals surface area contributed by atoms with Gasteiger partial charge in [0.2, 0.25) is 0 Å². The Bertz CT molecular complexity index is 1020. The summed E-state index contributed by atoms with van der Waals surface area (Å²) in [6.07, 6.45) is 1.82. The smallest absolute Gasteiger partial charge is 0.432 e. The second-order valence-corrected chi connectivity index (χ2v) is 8.13. The van der Waals surface area contributed by atoms with Gasteiger partial charge in [-0.05, 0) is 13.8 Å². The van der Waals surface area contributed by atoms with E-state index < -0.39 is 40.1 Å². The van der Waals surface area contributed by atoms with Crippen molar-refractivity contribution in [2.24, 2.45) is 12.0 Å². The largest absolute Gasteiger partial charge is 0.480 e. The number of carboxylic acids is 1. The number of urea groups is 1. The third kappa shape index (κ3) is 5.83. The van der Waals surface area contributed by atoms with E-state index in [1.165, 1.54) is 25.8 Å². The summed E-state index contributed by atoms with van der Waals surface area (Å²) in [5.41, 5.74) is 2.27. The molecule has 3 amide bonds. The lowest BCUT2D eigenvalue weighted by atomic mass is 10.1. The van der Waals surface area contributed by atoms with Gasteiger partial charge in [0, 0.05) is 19.7 Å². The first kappa shape index (κ1) is 24.8. The van der Waals surface area contributed by atoms with E-state index in [1.807, 2.05) is 0 Å². The Morgan fingerprint density at radius 3 is 2.62 bits per heavy atom. The fraction of sp³-hybridized carbons (Fsp3) is 0.533. The third-order valence-corrected chi connectivity index (χ3v) is 4.74. The monoisotopic (exact) mass is 477 g/mol. The van der Waals surface area contributed by atoms with E-state index >= 15 is 0 Å². The molecule has 4 N–H and O–H groups in total. The standard InChI is InChI=1S/C8H10N4O5S.C7H13N3O4/c1-10-6-3-11-4-7(5(6)2-9-10)12(8(11)13)17-18(14,15)16;1-7(2,5(11)12)10-6(13)14-9-4-8-3/h2,7H,3-4H2,1H3,(H,14,15,16);4H,1-3H3,(H,8,9)(H,10,13)(H,11,12). The predicted molar refractivity (Wildman–Crippen MR) is 105 cm³/mol. The van der Waals surface area contributed by atoms with Gasteiger partial charge >= 0.3 is 28.5 Å². The molecular weight excluding hydrogens is 454 g/mol. The van der Waals surface area contributed by atoms with Crippen LogP contribution in [-0.2, 0) is 37.9 Å². The van der Waals surface area contributed by atoms with Crippen molar-refractivity contribution in [1.29, 1.82) is 0 Å². The van der Waals surface area contributed by atoms with E-state index in [-0.39, 0.29) is 0 Å². The minimum absolute atomic E-state index is 0.313. The number of fused-ring (bicyclic) bond motifs is 4. The Balaban J connectivity index is 0.000000237. The van der Waals surface area contributed by atoms with E-state index in [0.717, 1.165) is 17.6 Å². The molecular formula is C15H23N7O9S. The average molecular weight is 477 g/mol. The molecule has 2 aliphatic rings. The number of carbonyl (C=O) groups is 3. The van der Waals surface area contributed by atoms with Gasteiger partial charge in [0.15, 0.2) is 0 Å². The number of hydrogen-bond acceptors (Lipinski definition) is 9. The van der Waals surface area contributed by atoms with Gasteiger partial charge < -0.3 is 20.2 Å². The number of carbonyl (C=O) groups excluding carboxylic acids is 2. The molecule has 3 rings (SSSR count). The second kappa shape index (κ2) is 9.37. The summed E-state index contributed by atoms with van der Waals surface area (Å²) in [4.78, 5) is 42.6. The molecule has 1 saturated heterocycles. The van der Waals surface area contributed by atoms with Crippen LogP contribution in [0.5, 0.6) is 0 Å². The summed E-state index contributed by atoms with van der Waals surface area (Å²) in [5, 5.41) is 15.5. The van der Waals surface area contributed by atoms with Crippen molar-refractivity contribution >= 4 is 34.8 Å². The Labute approximate surface area is 182 Å². The highest BCUT2D eigenvalue weighted by molar-refractivity contribution is 7.80. The number of aromatic nitrogens is 2. The number of aliphatic carboxylic acids is 1. The summed E-state index contributed by atoms with van der Waals surface area (Å²) >= 11 is 0. The van der Waals surface area contributed by atoms with Crippen molar-refractivity contribution in [2.45, 2.75) is 32.0 Å². The lowest BCUT2D eigenvalue weighted by molar-refractivity contribution is -0.143. The Morgan fingerprint density at radius 1 is 1.41 bits per heavy atom. The fourth-order valence-electron chi connectivity index (χ4n) is 2.78. The van der Waals surface area contributed by atoms with Gasteiger partial charge in [-0.25, -0.2) is 19.9 Å². The quantitative estimate of drug-likeness (QED) is 0.172. The third-order valence-electron chi connectivity index (χ3n) is 4.39. The molecule has 32 heavy (non-hydrogen) atoms. The molecule has 0 radical (unpaired) electrons. The summed E-state index contributed by atoms with van der Waals surface area (Å²) in [6.45, 7) is 3.33. The molecule has 178 valence electrons. The van der Waals surface area contributed by atoms with Crippen molar-refractivity contribution in [3.63, 3.8) is 0 Å². The molecule has 0 spiro atoms. The highest BCUT2D eigenvalue weighted by Gasteiger charge is 2.47. The van der Waals surface area contributed by atoms with Crippen LogP contribution in [0.15, 0.2) is 11.2 Å². The second-order valence-electron chi connectivity index (χ2n) is 7.13. The molecule has 16 nitrogen and oxygen atoms in total. The van der Waals surface area contributed by atoms with E-state index in [0.29, 0.717) is 18.2 Å². The summed E-state index contributed by atoms with van der Waals surface area (Å²) < 4.78 is 36.1. The Hall–Kier alpha value is -3.44. The van der Waals surface area contributed by atoms with Gasteiger partial charge in [0.1, 0.15) is 17.9 Å². The number of hydrogen-bond donors (Lipinski definition) is 4. The zero-order valence-electron chi connectivity index (χ0n) is 17.5. The number of rotatable bonds is 6. The number of carboxylic acid groups (broad SMARTS) is 1. The molecule has 17 heteroatoms. The zero-order chi connectivity index (χ0) is 24.3. The zero-order valence-corrected chi connectivity index (χ0v) is 18.4. The van der Waals surface area contributed by atoms with Gasteiger partial charge in [-0.3, -0.25) is 14.2 Å². The first-order valence-electron chi connectivity index (χ1n) is 8.91. The molecule has 1 unspecified atom stereocenters. The minimum atomic E-state index is -4.72. The topological polar surface area (TPSA) is 205 Å². The van der Waals surface area contributed by atoms with E-state index in [4.69, 9.17) is 9.66 Å². The van der Waals surface area contributed by atoms with Crippen molar-refractivity contribution < 1.29 is 41.6 Å². The fourth-order valence-corrected chi connectivity index (χ4v) is 3.15. The SMILES string of the molecule is CN=CNOC(=O)NC(C)(C)C(=O)O.Cn1ncc2c1CN1CC2N(OS(=O)(=O)O)C1=O. The number of nitrogens with zero attached hydrogens (tertiary/aromatic N) is 5. The van der Waals surface area contributed by atoms with Crippen LogP contribution in [0, 0.1) is 0 Å². The van der Waals surface area contributed by atoms with Crippen LogP contribution in [0.4, 0.5) is 9.59 Å². The number of nitrogens with one attached hydrogen (secondary N) is 2. The Kier molecular flexibility index (Phi) is 7.27. The number of amides is 3. The Morgan fingerprint density at radius 2 is 2.06 bits per heavy atom.